The van der Waals surface area contributed by atoms with E-state index in [4.69, 9.17) is 4.42 Å². The first kappa shape index (κ1) is 14.3. The van der Waals surface area contributed by atoms with Gasteiger partial charge in [0.15, 0.2) is 0 Å². The Hall–Kier alpha value is -1.13. The minimum atomic E-state index is -0.644. The Labute approximate surface area is 120 Å². The van der Waals surface area contributed by atoms with Crippen molar-refractivity contribution in [3.8, 4) is 0 Å². The van der Waals surface area contributed by atoms with E-state index in [1.165, 1.54) is 6.07 Å². The first-order valence-corrected chi connectivity index (χ1v) is 6.88. The van der Waals surface area contributed by atoms with E-state index < -0.39 is 6.10 Å². The predicted octanol–water partition coefficient (Wildman–Crippen LogP) is 4.38. The van der Waals surface area contributed by atoms with Crippen LogP contribution in [0.4, 0.5) is 4.39 Å². The lowest BCUT2D eigenvalue weighted by Crippen LogP contribution is -2.04. The topological polar surface area (TPSA) is 33.4 Å². The zero-order chi connectivity index (χ0) is 14.2. The van der Waals surface area contributed by atoms with Gasteiger partial charge in [0.2, 0.25) is 0 Å². The highest BCUT2D eigenvalue weighted by Gasteiger charge is 2.19. The Bertz CT molecular complexity index is 604. The monoisotopic (exact) mass is 326 g/mol. The molecule has 1 N–H and O–H groups in total. The Kier molecular flexibility index (Phi) is 4.11. The summed E-state index contributed by atoms with van der Waals surface area (Å²) in [6.45, 7) is 5.66. The van der Waals surface area contributed by atoms with Gasteiger partial charge < -0.3 is 9.52 Å². The number of rotatable bonds is 3. The zero-order valence-corrected chi connectivity index (χ0v) is 12.7. The van der Waals surface area contributed by atoms with Crippen LogP contribution < -0.4 is 0 Å². The van der Waals surface area contributed by atoms with Crippen molar-refractivity contribution in [1.29, 1.82) is 0 Å². The van der Waals surface area contributed by atoms with Gasteiger partial charge in [-0.15, -0.1) is 0 Å². The molecule has 0 saturated heterocycles. The molecular formula is C15H16BrFO2. The molecule has 0 spiro atoms. The van der Waals surface area contributed by atoms with Gasteiger partial charge in [-0.1, -0.05) is 6.07 Å². The summed E-state index contributed by atoms with van der Waals surface area (Å²) in [7, 11) is 0. The van der Waals surface area contributed by atoms with Gasteiger partial charge in [0.05, 0.1) is 10.6 Å². The molecule has 0 amide bonds. The summed E-state index contributed by atoms with van der Waals surface area (Å²) in [6, 6.07) is 4.77. The van der Waals surface area contributed by atoms with Crippen molar-refractivity contribution in [2.45, 2.75) is 33.3 Å². The van der Waals surface area contributed by atoms with Crippen molar-refractivity contribution in [2.24, 2.45) is 0 Å². The third-order valence-electron chi connectivity index (χ3n) is 3.36. The molecule has 4 heteroatoms. The molecule has 1 unspecified atom stereocenters. The molecule has 1 atom stereocenters. The number of hydrogen-bond donors (Lipinski definition) is 1. The third-order valence-corrected chi connectivity index (χ3v) is 3.97. The molecule has 1 heterocycles. The maximum absolute atomic E-state index is 13.2. The largest absolute Gasteiger partial charge is 0.466 e. The van der Waals surface area contributed by atoms with Gasteiger partial charge in [0, 0.05) is 12.0 Å². The molecule has 102 valence electrons. The fraction of sp³-hybridized carbons (Fsp3) is 0.333. The summed E-state index contributed by atoms with van der Waals surface area (Å²) < 4.78 is 19.1. The molecule has 19 heavy (non-hydrogen) atoms. The molecule has 1 aromatic carbocycles. The van der Waals surface area contributed by atoms with E-state index in [-0.39, 0.29) is 5.82 Å². The lowest BCUT2D eigenvalue weighted by atomic mass is 9.98. The van der Waals surface area contributed by atoms with E-state index in [0.29, 0.717) is 10.9 Å². The number of aliphatic hydroxyl groups is 1. The number of benzene rings is 1. The molecule has 0 aliphatic rings. The molecule has 0 saturated carbocycles. The Morgan fingerprint density at radius 1 is 1.26 bits per heavy atom. The smallest absolute Gasteiger partial charge is 0.137 e. The number of aliphatic hydroxyl groups excluding tert-OH is 1. The molecule has 0 aliphatic carbocycles. The van der Waals surface area contributed by atoms with E-state index in [9.17, 15) is 9.50 Å². The van der Waals surface area contributed by atoms with Crippen molar-refractivity contribution < 1.29 is 13.9 Å². The van der Waals surface area contributed by atoms with Crippen molar-refractivity contribution in [3.05, 3.63) is 56.7 Å². The lowest BCUT2D eigenvalue weighted by Gasteiger charge is -2.12. The van der Waals surface area contributed by atoms with Crippen LogP contribution >= 0.6 is 15.9 Å². The van der Waals surface area contributed by atoms with Crippen LogP contribution in [0.3, 0.4) is 0 Å². The Balaban J connectivity index is 2.25. The molecule has 2 nitrogen and oxygen atoms in total. The summed E-state index contributed by atoms with van der Waals surface area (Å²) in [6.07, 6.45) is -0.214. The van der Waals surface area contributed by atoms with Crippen LogP contribution in [-0.4, -0.2) is 5.11 Å². The summed E-state index contributed by atoms with van der Waals surface area (Å²) in [5.74, 6) is 1.26. The van der Waals surface area contributed by atoms with Gasteiger partial charge in [-0.3, -0.25) is 0 Å². The van der Waals surface area contributed by atoms with Crippen LogP contribution in [0.25, 0.3) is 0 Å². The molecule has 0 fully saturated rings. The zero-order valence-electron chi connectivity index (χ0n) is 11.1. The van der Waals surface area contributed by atoms with Crippen LogP contribution in [0.5, 0.6) is 0 Å². The third kappa shape index (κ3) is 2.90. The van der Waals surface area contributed by atoms with E-state index in [0.717, 1.165) is 28.2 Å². The predicted molar refractivity (Wildman–Crippen MR) is 75.7 cm³/mol. The second kappa shape index (κ2) is 5.47. The van der Waals surface area contributed by atoms with Crippen molar-refractivity contribution in [3.63, 3.8) is 0 Å². The molecule has 1 aromatic heterocycles. The first-order valence-electron chi connectivity index (χ1n) is 6.08. The fourth-order valence-corrected chi connectivity index (χ4v) is 2.72. The average Bonchev–Trinajstić information content (AvgIpc) is 2.58. The molecular weight excluding hydrogens is 311 g/mol. The number of hydrogen-bond acceptors (Lipinski definition) is 2. The van der Waals surface area contributed by atoms with Crippen LogP contribution in [0.2, 0.25) is 0 Å². The quantitative estimate of drug-likeness (QED) is 0.907. The van der Waals surface area contributed by atoms with Crippen molar-refractivity contribution in [2.75, 3.05) is 0 Å². The highest BCUT2D eigenvalue weighted by atomic mass is 79.9. The SMILES string of the molecule is Cc1oc(C)c(C(O)Cc2ccc(F)c(Br)c2)c1C. The Morgan fingerprint density at radius 3 is 2.47 bits per heavy atom. The van der Waals surface area contributed by atoms with Gasteiger partial charge >= 0.3 is 0 Å². The highest BCUT2D eigenvalue weighted by Crippen LogP contribution is 2.30. The van der Waals surface area contributed by atoms with Gasteiger partial charge in [-0.05, 0) is 60.0 Å². The summed E-state index contributed by atoms with van der Waals surface area (Å²) in [5, 5.41) is 10.3. The molecule has 0 aliphatic heterocycles. The molecule has 2 aromatic rings. The van der Waals surface area contributed by atoms with Crippen molar-refractivity contribution >= 4 is 15.9 Å². The van der Waals surface area contributed by atoms with Crippen LogP contribution in [0.1, 0.15) is 34.3 Å². The van der Waals surface area contributed by atoms with E-state index in [1.807, 2.05) is 20.8 Å². The standard InChI is InChI=1S/C15H16BrFO2/c1-8-9(2)19-10(3)15(8)14(18)7-11-4-5-13(17)12(16)6-11/h4-6,14,18H,7H2,1-3H3. The van der Waals surface area contributed by atoms with Gasteiger partial charge in [-0.25, -0.2) is 4.39 Å². The molecule has 0 bridgehead atoms. The minimum absolute atomic E-state index is 0.301. The van der Waals surface area contributed by atoms with Gasteiger partial charge in [0.1, 0.15) is 17.3 Å². The molecule has 0 radical (unpaired) electrons. The normalized spacial score (nSPS) is 12.7. The maximum Gasteiger partial charge on any atom is 0.137 e. The lowest BCUT2D eigenvalue weighted by molar-refractivity contribution is 0.176. The summed E-state index contributed by atoms with van der Waals surface area (Å²) in [4.78, 5) is 0. The second-order valence-corrected chi connectivity index (χ2v) is 5.58. The van der Waals surface area contributed by atoms with E-state index in [1.54, 1.807) is 12.1 Å². The van der Waals surface area contributed by atoms with E-state index >= 15 is 0 Å². The van der Waals surface area contributed by atoms with Crippen molar-refractivity contribution in [1.82, 2.24) is 0 Å². The highest BCUT2D eigenvalue weighted by molar-refractivity contribution is 9.10. The minimum Gasteiger partial charge on any atom is -0.466 e. The van der Waals surface area contributed by atoms with Crippen LogP contribution in [-0.2, 0) is 6.42 Å². The van der Waals surface area contributed by atoms with Gasteiger partial charge in [0.25, 0.3) is 0 Å². The van der Waals surface area contributed by atoms with E-state index in [2.05, 4.69) is 15.9 Å². The fourth-order valence-electron chi connectivity index (χ4n) is 2.29. The maximum atomic E-state index is 13.2. The Morgan fingerprint density at radius 2 is 1.95 bits per heavy atom. The second-order valence-electron chi connectivity index (χ2n) is 4.72. The first-order chi connectivity index (χ1) is 8.90. The van der Waals surface area contributed by atoms with Crippen LogP contribution in [0.15, 0.2) is 27.1 Å². The number of aryl methyl sites for hydroxylation is 2. The molecule has 2 rings (SSSR count). The summed E-state index contributed by atoms with van der Waals surface area (Å²) in [5.41, 5.74) is 2.68. The number of halogens is 2. The summed E-state index contributed by atoms with van der Waals surface area (Å²) >= 11 is 3.15. The average molecular weight is 327 g/mol. The van der Waals surface area contributed by atoms with Gasteiger partial charge in [-0.2, -0.15) is 0 Å². The van der Waals surface area contributed by atoms with Crippen LogP contribution in [0, 0.1) is 26.6 Å². The number of furan rings is 1.